The number of methoxy groups -OCH3 is 1. The zero-order valence-corrected chi connectivity index (χ0v) is 11.1. The molecule has 0 fully saturated rings. The van der Waals surface area contributed by atoms with Gasteiger partial charge >= 0.3 is 0 Å². The number of ether oxygens (including phenoxy) is 1. The van der Waals surface area contributed by atoms with Crippen LogP contribution in [0.25, 0.3) is 10.9 Å². The first-order valence-corrected chi connectivity index (χ1v) is 5.88. The van der Waals surface area contributed by atoms with Crippen molar-refractivity contribution in [3.05, 3.63) is 30.0 Å². The predicted octanol–water partition coefficient (Wildman–Crippen LogP) is 2.70. The highest BCUT2D eigenvalue weighted by molar-refractivity contribution is 6.07. The fourth-order valence-corrected chi connectivity index (χ4v) is 1.82. The standard InChI is InChI=1S/C14H18N2O2/c1-14(2,3)16-13(17)11-8-15-12-6-5-9(18-4)7-10(11)12/h5-8,15H,1-4H3,(H,16,17). The average Bonchev–Trinajstić information content (AvgIpc) is 2.69. The third-order valence-corrected chi connectivity index (χ3v) is 2.62. The molecule has 18 heavy (non-hydrogen) atoms. The van der Waals surface area contributed by atoms with Crippen LogP contribution in [0.3, 0.4) is 0 Å². The number of amides is 1. The van der Waals surface area contributed by atoms with Crippen LogP contribution in [0, 0.1) is 0 Å². The Bertz CT molecular complexity index is 579. The minimum atomic E-state index is -0.250. The van der Waals surface area contributed by atoms with Gasteiger partial charge in [0.1, 0.15) is 5.75 Å². The van der Waals surface area contributed by atoms with Crippen LogP contribution in [0.5, 0.6) is 5.75 Å². The molecule has 2 rings (SSSR count). The molecule has 0 aliphatic rings. The Kier molecular flexibility index (Phi) is 3.03. The van der Waals surface area contributed by atoms with Gasteiger partial charge in [0.2, 0.25) is 0 Å². The summed E-state index contributed by atoms with van der Waals surface area (Å²) in [7, 11) is 1.61. The Hall–Kier alpha value is -1.97. The normalized spacial score (nSPS) is 11.6. The van der Waals surface area contributed by atoms with Gasteiger partial charge in [0.15, 0.2) is 0 Å². The first kappa shape index (κ1) is 12.5. The second-order valence-electron chi connectivity index (χ2n) is 5.32. The van der Waals surface area contributed by atoms with E-state index in [2.05, 4.69) is 10.3 Å². The van der Waals surface area contributed by atoms with E-state index in [1.54, 1.807) is 13.3 Å². The monoisotopic (exact) mass is 246 g/mol. The van der Waals surface area contributed by atoms with Gasteiger partial charge in [-0.05, 0) is 39.0 Å². The van der Waals surface area contributed by atoms with E-state index >= 15 is 0 Å². The lowest BCUT2D eigenvalue weighted by molar-refractivity contribution is 0.0921. The number of carbonyl (C=O) groups is 1. The van der Waals surface area contributed by atoms with Gasteiger partial charge in [-0.2, -0.15) is 0 Å². The van der Waals surface area contributed by atoms with Crippen LogP contribution in [0.4, 0.5) is 0 Å². The Balaban J connectivity index is 2.42. The van der Waals surface area contributed by atoms with E-state index < -0.39 is 0 Å². The summed E-state index contributed by atoms with van der Waals surface area (Å²) in [5, 5.41) is 3.82. The third-order valence-electron chi connectivity index (χ3n) is 2.62. The first-order valence-electron chi connectivity index (χ1n) is 5.88. The number of rotatable bonds is 2. The van der Waals surface area contributed by atoms with Gasteiger partial charge in [-0.1, -0.05) is 0 Å². The predicted molar refractivity (Wildman–Crippen MR) is 72.1 cm³/mol. The Morgan fingerprint density at radius 3 is 2.67 bits per heavy atom. The molecule has 4 nitrogen and oxygen atoms in total. The Morgan fingerprint density at radius 1 is 1.33 bits per heavy atom. The van der Waals surface area contributed by atoms with E-state index in [1.165, 1.54) is 0 Å². The van der Waals surface area contributed by atoms with Crippen molar-refractivity contribution in [1.29, 1.82) is 0 Å². The molecule has 0 aliphatic carbocycles. The van der Waals surface area contributed by atoms with Gasteiger partial charge in [-0.3, -0.25) is 4.79 Å². The topological polar surface area (TPSA) is 54.1 Å². The van der Waals surface area contributed by atoms with Crippen molar-refractivity contribution in [2.75, 3.05) is 7.11 Å². The third kappa shape index (κ3) is 2.47. The molecule has 0 spiro atoms. The molecule has 0 saturated carbocycles. The SMILES string of the molecule is COc1ccc2[nH]cc(C(=O)NC(C)(C)C)c2c1. The summed E-state index contributed by atoms with van der Waals surface area (Å²) >= 11 is 0. The number of aromatic amines is 1. The minimum absolute atomic E-state index is 0.0815. The molecular weight excluding hydrogens is 228 g/mol. The maximum absolute atomic E-state index is 12.2. The molecule has 0 unspecified atom stereocenters. The number of fused-ring (bicyclic) bond motifs is 1. The quantitative estimate of drug-likeness (QED) is 0.856. The van der Waals surface area contributed by atoms with Crippen LogP contribution in [-0.2, 0) is 0 Å². The fourth-order valence-electron chi connectivity index (χ4n) is 1.82. The van der Waals surface area contributed by atoms with E-state index in [-0.39, 0.29) is 11.4 Å². The largest absolute Gasteiger partial charge is 0.497 e. The molecular formula is C14H18N2O2. The number of hydrogen-bond acceptors (Lipinski definition) is 2. The summed E-state index contributed by atoms with van der Waals surface area (Å²) in [6, 6.07) is 5.63. The van der Waals surface area contributed by atoms with E-state index in [1.807, 2.05) is 39.0 Å². The van der Waals surface area contributed by atoms with Crippen molar-refractivity contribution >= 4 is 16.8 Å². The molecule has 1 amide bonds. The zero-order chi connectivity index (χ0) is 13.3. The summed E-state index contributed by atoms with van der Waals surface area (Å²) in [6.45, 7) is 5.88. The number of nitrogens with one attached hydrogen (secondary N) is 2. The van der Waals surface area contributed by atoms with Crippen LogP contribution in [-0.4, -0.2) is 23.5 Å². The van der Waals surface area contributed by atoms with Crippen LogP contribution in [0.2, 0.25) is 0 Å². The van der Waals surface area contributed by atoms with Crippen LogP contribution >= 0.6 is 0 Å². The smallest absolute Gasteiger partial charge is 0.253 e. The summed E-state index contributed by atoms with van der Waals surface area (Å²) < 4.78 is 5.18. The molecule has 2 N–H and O–H groups in total. The van der Waals surface area contributed by atoms with E-state index in [0.29, 0.717) is 5.56 Å². The molecule has 2 aromatic rings. The molecule has 0 bridgehead atoms. The van der Waals surface area contributed by atoms with Gasteiger partial charge in [0.25, 0.3) is 5.91 Å². The van der Waals surface area contributed by atoms with Crippen molar-refractivity contribution in [2.45, 2.75) is 26.3 Å². The molecule has 0 saturated heterocycles. The maximum atomic E-state index is 12.2. The van der Waals surface area contributed by atoms with Crippen molar-refractivity contribution in [2.24, 2.45) is 0 Å². The van der Waals surface area contributed by atoms with E-state index in [4.69, 9.17) is 4.74 Å². The molecule has 0 atom stereocenters. The molecule has 1 aromatic carbocycles. The number of aromatic nitrogens is 1. The number of carbonyl (C=O) groups excluding carboxylic acids is 1. The lowest BCUT2D eigenvalue weighted by Gasteiger charge is -2.20. The highest BCUT2D eigenvalue weighted by Crippen LogP contribution is 2.23. The van der Waals surface area contributed by atoms with Crippen LogP contribution in [0.1, 0.15) is 31.1 Å². The summed E-state index contributed by atoms with van der Waals surface area (Å²) in [5.41, 5.74) is 1.31. The summed E-state index contributed by atoms with van der Waals surface area (Å²) in [6.07, 6.45) is 1.73. The molecule has 96 valence electrons. The number of hydrogen-bond donors (Lipinski definition) is 2. The molecule has 0 aliphatic heterocycles. The molecule has 4 heteroatoms. The highest BCUT2D eigenvalue weighted by atomic mass is 16.5. The van der Waals surface area contributed by atoms with Crippen LogP contribution < -0.4 is 10.1 Å². The van der Waals surface area contributed by atoms with Gasteiger partial charge in [0.05, 0.1) is 12.7 Å². The van der Waals surface area contributed by atoms with Gasteiger partial charge in [-0.25, -0.2) is 0 Å². The van der Waals surface area contributed by atoms with Gasteiger partial charge < -0.3 is 15.0 Å². The van der Waals surface area contributed by atoms with E-state index in [0.717, 1.165) is 16.7 Å². The van der Waals surface area contributed by atoms with Crippen LogP contribution in [0.15, 0.2) is 24.4 Å². The second-order valence-corrected chi connectivity index (χ2v) is 5.32. The van der Waals surface area contributed by atoms with Crippen molar-refractivity contribution in [3.63, 3.8) is 0 Å². The summed E-state index contributed by atoms with van der Waals surface area (Å²) in [5.74, 6) is 0.661. The molecule has 0 radical (unpaired) electrons. The minimum Gasteiger partial charge on any atom is -0.497 e. The Labute approximate surface area is 106 Å². The van der Waals surface area contributed by atoms with Gasteiger partial charge in [-0.15, -0.1) is 0 Å². The number of benzene rings is 1. The molecule has 1 heterocycles. The molecule has 1 aromatic heterocycles. The van der Waals surface area contributed by atoms with E-state index in [9.17, 15) is 4.79 Å². The van der Waals surface area contributed by atoms with Crippen molar-refractivity contribution in [1.82, 2.24) is 10.3 Å². The maximum Gasteiger partial charge on any atom is 0.253 e. The van der Waals surface area contributed by atoms with Gasteiger partial charge in [0, 0.05) is 22.6 Å². The Morgan fingerprint density at radius 2 is 2.06 bits per heavy atom. The number of H-pyrrole nitrogens is 1. The lowest BCUT2D eigenvalue weighted by atomic mass is 10.1. The second kappa shape index (κ2) is 4.37. The summed E-state index contributed by atoms with van der Waals surface area (Å²) in [4.78, 5) is 15.3. The lowest BCUT2D eigenvalue weighted by Crippen LogP contribution is -2.40. The highest BCUT2D eigenvalue weighted by Gasteiger charge is 2.18. The van der Waals surface area contributed by atoms with Crippen molar-refractivity contribution < 1.29 is 9.53 Å². The first-order chi connectivity index (χ1) is 8.40. The fraction of sp³-hybridized carbons (Fsp3) is 0.357. The zero-order valence-electron chi connectivity index (χ0n) is 11.1. The average molecular weight is 246 g/mol. The van der Waals surface area contributed by atoms with Crippen molar-refractivity contribution in [3.8, 4) is 5.75 Å².